The van der Waals surface area contributed by atoms with E-state index in [0.717, 1.165) is 0 Å². The van der Waals surface area contributed by atoms with Gasteiger partial charge in [0.1, 0.15) is 11.3 Å². The van der Waals surface area contributed by atoms with E-state index in [1.165, 1.54) is 29.1 Å². The number of halogens is 3. The third kappa shape index (κ3) is 4.59. The number of fused-ring (bicyclic) bond motifs is 1. The van der Waals surface area contributed by atoms with E-state index in [2.05, 4.69) is 26.5 Å². The SMILES string of the molecule is Cn1cnc2c(F)c(Nc3ccc(I)cc3F)c(C(=O)NNC(=O)NCCO)cc21. The Morgan fingerprint density at radius 1 is 1.23 bits per heavy atom. The molecule has 0 bridgehead atoms. The second-order valence-corrected chi connectivity index (χ2v) is 7.39. The van der Waals surface area contributed by atoms with Gasteiger partial charge in [-0.15, -0.1) is 0 Å². The molecule has 0 atom stereocenters. The fraction of sp³-hybridized carbons (Fsp3) is 0.167. The van der Waals surface area contributed by atoms with E-state index in [-0.39, 0.29) is 35.6 Å². The number of imidazole rings is 1. The van der Waals surface area contributed by atoms with E-state index in [1.807, 2.05) is 22.6 Å². The predicted molar refractivity (Wildman–Crippen MR) is 114 cm³/mol. The van der Waals surface area contributed by atoms with Gasteiger partial charge >= 0.3 is 6.03 Å². The van der Waals surface area contributed by atoms with Crippen molar-refractivity contribution in [3.8, 4) is 0 Å². The number of aliphatic hydroxyl groups is 1. The van der Waals surface area contributed by atoms with Gasteiger partial charge in [-0.3, -0.25) is 10.2 Å². The molecule has 2 aromatic carbocycles. The van der Waals surface area contributed by atoms with Crippen molar-refractivity contribution < 1.29 is 23.5 Å². The van der Waals surface area contributed by atoms with Crippen LogP contribution in [0.15, 0.2) is 30.6 Å². The molecule has 0 aliphatic heterocycles. The summed E-state index contributed by atoms with van der Waals surface area (Å²) in [7, 11) is 1.63. The number of urea groups is 1. The maximum Gasteiger partial charge on any atom is 0.333 e. The van der Waals surface area contributed by atoms with Crippen LogP contribution < -0.4 is 21.5 Å². The number of anilines is 2. The lowest BCUT2D eigenvalue weighted by Gasteiger charge is -2.15. The van der Waals surface area contributed by atoms with Crippen LogP contribution in [-0.2, 0) is 7.05 Å². The molecule has 3 aromatic rings. The topological polar surface area (TPSA) is 120 Å². The van der Waals surface area contributed by atoms with Crippen LogP contribution in [0.5, 0.6) is 0 Å². The summed E-state index contributed by atoms with van der Waals surface area (Å²) in [6.07, 6.45) is 1.38. The van der Waals surface area contributed by atoms with Gasteiger partial charge in [0.2, 0.25) is 0 Å². The maximum absolute atomic E-state index is 15.2. The van der Waals surface area contributed by atoms with Crippen molar-refractivity contribution in [3.63, 3.8) is 0 Å². The van der Waals surface area contributed by atoms with Crippen LogP contribution >= 0.6 is 22.6 Å². The summed E-state index contributed by atoms with van der Waals surface area (Å²) in [6.45, 7) is -0.296. The Labute approximate surface area is 183 Å². The minimum absolute atomic E-state index is 0.00359. The molecule has 0 aliphatic rings. The first kappa shape index (κ1) is 21.7. The Morgan fingerprint density at radius 3 is 2.70 bits per heavy atom. The molecule has 5 N–H and O–H groups in total. The van der Waals surface area contributed by atoms with Crippen LogP contribution in [0.4, 0.5) is 25.0 Å². The van der Waals surface area contributed by atoms with Gasteiger partial charge in [0.05, 0.1) is 35.4 Å². The highest BCUT2D eigenvalue weighted by Gasteiger charge is 2.22. The van der Waals surface area contributed by atoms with E-state index in [4.69, 9.17) is 5.11 Å². The molecule has 0 saturated heterocycles. The number of hydrazine groups is 1. The van der Waals surface area contributed by atoms with Crippen LogP contribution in [0.25, 0.3) is 11.0 Å². The molecule has 158 valence electrons. The van der Waals surface area contributed by atoms with Gasteiger partial charge in [-0.05, 0) is 46.9 Å². The molecular formula is C18H17F2IN6O3. The lowest BCUT2D eigenvalue weighted by atomic mass is 10.1. The van der Waals surface area contributed by atoms with Crippen molar-refractivity contribution >= 4 is 56.9 Å². The normalized spacial score (nSPS) is 10.7. The fourth-order valence-electron chi connectivity index (χ4n) is 2.65. The third-order valence-electron chi connectivity index (χ3n) is 4.08. The fourth-order valence-corrected chi connectivity index (χ4v) is 3.10. The lowest BCUT2D eigenvalue weighted by molar-refractivity contribution is 0.0937. The quantitative estimate of drug-likeness (QED) is 0.256. The van der Waals surface area contributed by atoms with E-state index in [0.29, 0.717) is 9.09 Å². The minimum atomic E-state index is -0.846. The number of carbonyl (C=O) groups is 2. The van der Waals surface area contributed by atoms with Crippen LogP contribution in [0, 0.1) is 15.2 Å². The van der Waals surface area contributed by atoms with E-state index in [9.17, 15) is 14.0 Å². The van der Waals surface area contributed by atoms with Crippen LogP contribution in [0.3, 0.4) is 0 Å². The number of hydrogen-bond acceptors (Lipinski definition) is 5. The summed E-state index contributed by atoms with van der Waals surface area (Å²) in [4.78, 5) is 28.2. The van der Waals surface area contributed by atoms with Crippen molar-refractivity contribution in [2.45, 2.75) is 0 Å². The molecule has 30 heavy (non-hydrogen) atoms. The number of nitrogens with zero attached hydrogens (tertiary/aromatic N) is 2. The molecule has 3 rings (SSSR count). The minimum Gasteiger partial charge on any atom is -0.395 e. The zero-order chi connectivity index (χ0) is 21.8. The second kappa shape index (κ2) is 9.21. The highest BCUT2D eigenvalue weighted by molar-refractivity contribution is 14.1. The summed E-state index contributed by atoms with van der Waals surface area (Å²) in [6, 6.07) is 4.91. The third-order valence-corrected chi connectivity index (χ3v) is 4.75. The van der Waals surface area contributed by atoms with Crippen molar-refractivity contribution in [1.29, 1.82) is 0 Å². The first-order chi connectivity index (χ1) is 14.3. The highest BCUT2D eigenvalue weighted by atomic mass is 127. The van der Waals surface area contributed by atoms with Gasteiger partial charge in [0.25, 0.3) is 5.91 Å². The standard InChI is InChI=1S/C18H17F2IN6O3/c1-27-8-23-16-13(27)7-10(17(29)25-26-18(30)22-4-5-28)15(14(16)20)24-12-3-2-9(21)6-11(12)19/h2-3,6-8,24,28H,4-5H2,1H3,(H,25,29)(H2,22,26,30). The van der Waals surface area contributed by atoms with Gasteiger partial charge in [0.15, 0.2) is 5.82 Å². The Kier molecular flexibility index (Phi) is 6.66. The number of amides is 3. The van der Waals surface area contributed by atoms with Crippen molar-refractivity contribution in [3.05, 3.63) is 51.4 Å². The number of nitrogens with one attached hydrogen (secondary N) is 4. The maximum atomic E-state index is 15.2. The predicted octanol–water partition coefficient (Wildman–Crippen LogP) is 2.14. The molecule has 0 aliphatic carbocycles. The van der Waals surface area contributed by atoms with Crippen LogP contribution in [0.2, 0.25) is 0 Å². The molecule has 0 fully saturated rings. The Balaban J connectivity index is 1.98. The van der Waals surface area contributed by atoms with Gasteiger partial charge in [0, 0.05) is 17.2 Å². The van der Waals surface area contributed by atoms with Gasteiger partial charge in [-0.1, -0.05) is 0 Å². The number of aryl methyl sites for hydroxylation is 1. The zero-order valence-electron chi connectivity index (χ0n) is 15.6. The Bertz CT molecular complexity index is 1120. The number of carbonyl (C=O) groups excluding carboxylic acids is 2. The van der Waals surface area contributed by atoms with Crippen LogP contribution in [-0.4, -0.2) is 39.7 Å². The summed E-state index contributed by atoms with van der Waals surface area (Å²) in [5.41, 5.74) is 4.06. The molecule has 0 spiro atoms. The van der Waals surface area contributed by atoms with Gasteiger partial charge in [-0.25, -0.2) is 24.0 Å². The summed E-state index contributed by atoms with van der Waals surface area (Å²) < 4.78 is 31.7. The second-order valence-electron chi connectivity index (χ2n) is 6.14. The Hall–Kier alpha value is -3.00. The summed E-state index contributed by atoms with van der Waals surface area (Å²) in [5.74, 6) is -2.32. The largest absolute Gasteiger partial charge is 0.395 e. The number of aliphatic hydroxyl groups excluding tert-OH is 1. The Morgan fingerprint density at radius 2 is 2.00 bits per heavy atom. The van der Waals surface area contributed by atoms with E-state index >= 15 is 4.39 Å². The first-order valence-corrected chi connectivity index (χ1v) is 9.70. The smallest absolute Gasteiger partial charge is 0.333 e. The average molecular weight is 530 g/mol. The molecule has 0 unspecified atom stereocenters. The highest BCUT2D eigenvalue weighted by Crippen LogP contribution is 2.31. The summed E-state index contributed by atoms with van der Waals surface area (Å²) >= 11 is 1.94. The van der Waals surface area contributed by atoms with E-state index in [1.54, 1.807) is 13.1 Å². The molecule has 1 heterocycles. The van der Waals surface area contributed by atoms with E-state index < -0.39 is 23.6 Å². The lowest BCUT2D eigenvalue weighted by Crippen LogP contribution is -2.47. The molecule has 9 nitrogen and oxygen atoms in total. The first-order valence-electron chi connectivity index (χ1n) is 8.62. The van der Waals surface area contributed by atoms with Crippen LogP contribution in [0.1, 0.15) is 10.4 Å². The van der Waals surface area contributed by atoms with Crippen molar-refractivity contribution in [1.82, 2.24) is 25.7 Å². The van der Waals surface area contributed by atoms with Gasteiger partial charge < -0.3 is 20.3 Å². The molecule has 1 aromatic heterocycles. The number of aromatic nitrogens is 2. The number of hydrogen-bond donors (Lipinski definition) is 5. The number of rotatable bonds is 5. The molecule has 12 heteroatoms. The summed E-state index contributed by atoms with van der Waals surface area (Å²) in [5, 5.41) is 13.6. The van der Waals surface area contributed by atoms with Crippen molar-refractivity contribution in [2.75, 3.05) is 18.5 Å². The zero-order valence-corrected chi connectivity index (χ0v) is 17.8. The molecular weight excluding hydrogens is 513 g/mol. The monoisotopic (exact) mass is 530 g/mol. The van der Waals surface area contributed by atoms with Crippen molar-refractivity contribution in [2.24, 2.45) is 7.05 Å². The molecule has 0 radical (unpaired) electrons. The molecule has 0 saturated carbocycles. The van der Waals surface area contributed by atoms with Gasteiger partial charge in [-0.2, -0.15) is 0 Å². The number of benzene rings is 2. The average Bonchev–Trinajstić information content (AvgIpc) is 3.09. The molecule has 3 amide bonds.